The Morgan fingerprint density at radius 1 is 1.03 bits per heavy atom. The summed E-state index contributed by atoms with van der Waals surface area (Å²) in [5.41, 5.74) is 1.73. The van der Waals surface area contributed by atoms with Crippen LogP contribution in [0.15, 0.2) is 59.2 Å². The number of nitrogens with one attached hydrogen (secondary N) is 1. The van der Waals surface area contributed by atoms with Crippen LogP contribution in [0.1, 0.15) is 27.6 Å². The van der Waals surface area contributed by atoms with E-state index in [0.29, 0.717) is 36.1 Å². The predicted octanol–water partition coefficient (Wildman–Crippen LogP) is 3.20. The van der Waals surface area contributed by atoms with Crippen molar-refractivity contribution in [1.82, 2.24) is 10.2 Å². The van der Waals surface area contributed by atoms with Crippen LogP contribution in [0.5, 0.6) is 23.0 Å². The van der Waals surface area contributed by atoms with Crippen LogP contribution in [0.3, 0.4) is 0 Å². The molecule has 2 aliphatic heterocycles. The van der Waals surface area contributed by atoms with Crippen molar-refractivity contribution in [2.75, 3.05) is 34.1 Å². The molecular weight excluding hydrogens is 452 g/mol. The summed E-state index contributed by atoms with van der Waals surface area (Å²) in [4.78, 5) is 28.1. The maximum atomic E-state index is 13.4. The quantitative estimate of drug-likeness (QED) is 0.557. The van der Waals surface area contributed by atoms with Gasteiger partial charge in [-0.25, -0.2) is 0 Å². The Balaban J connectivity index is 1.38. The first-order valence-corrected chi connectivity index (χ1v) is 11.3. The minimum absolute atomic E-state index is 0.153. The standard InChI is InChI=1S/C26H26N2O7/c1-31-17-6-7-18(23(11-17)32-2)19-13-28(26(30)22-4-3-9-33-22)14-20(19)25(29)27-12-16-5-8-21-24(10-16)35-15-34-21/h3-11,19-20H,12-15H2,1-2H3,(H,27,29)/t19-,20-/m0/s1. The number of amides is 2. The zero-order chi connectivity index (χ0) is 24.4. The fourth-order valence-corrected chi connectivity index (χ4v) is 4.60. The van der Waals surface area contributed by atoms with Gasteiger partial charge in [-0.2, -0.15) is 0 Å². The number of carbonyl (C=O) groups is 2. The van der Waals surface area contributed by atoms with Crippen LogP contribution in [-0.2, 0) is 11.3 Å². The van der Waals surface area contributed by atoms with Gasteiger partial charge in [0, 0.05) is 37.2 Å². The van der Waals surface area contributed by atoms with Crippen LogP contribution in [0, 0.1) is 5.92 Å². The average Bonchev–Trinajstić information content (AvgIpc) is 3.66. The van der Waals surface area contributed by atoms with Crippen molar-refractivity contribution in [1.29, 1.82) is 0 Å². The fraction of sp³-hybridized carbons (Fsp3) is 0.308. The summed E-state index contributed by atoms with van der Waals surface area (Å²) in [5.74, 6) is 1.69. The van der Waals surface area contributed by atoms with E-state index < -0.39 is 5.92 Å². The molecule has 0 spiro atoms. The minimum atomic E-state index is -0.481. The third-order valence-electron chi connectivity index (χ3n) is 6.42. The third-order valence-corrected chi connectivity index (χ3v) is 6.42. The molecular formula is C26H26N2O7. The maximum Gasteiger partial charge on any atom is 0.289 e. The summed E-state index contributed by atoms with van der Waals surface area (Å²) in [6, 6.07) is 14.4. The van der Waals surface area contributed by atoms with Gasteiger partial charge in [0.1, 0.15) is 11.5 Å². The second-order valence-electron chi connectivity index (χ2n) is 8.41. The molecule has 182 valence electrons. The number of hydrogen-bond donors (Lipinski definition) is 1. The number of likely N-dealkylation sites (tertiary alicyclic amines) is 1. The topological polar surface area (TPSA) is 99.5 Å². The molecule has 0 saturated carbocycles. The average molecular weight is 479 g/mol. The molecule has 9 nitrogen and oxygen atoms in total. The molecule has 35 heavy (non-hydrogen) atoms. The lowest BCUT2D eigenvalue weighted by Gasteiger charge is -2.21. The summed E-state index contributed by atoms with van der Waals surface area (Å²) in [6.07, 6.45) is 1.46. The summed E-state index contributed by atoms with van der Waals surface area (Å²) in [5, 5.41) is 3.02. The molecule has 2 atom stereocenters. The smallest absolute Gasteiger partial charge is 0.289 e. The van der Waals surface area contributed by atoms with Gasteiger partial charge in [0.15, 0.2) is 17.3 Å². The normalized spacial score (nSPS) is 18.4. The van der Waals surface area contributed by atoms with Crippen LogP contribution < -0.4 is 24.3 Å². The fourth-order valence-electron chi connectivity index (χ4n) is 4.60. The molecule has 5 rings (SSSR count). The van der Waals surface area contributed by atoms with Crippen LogP contribution >= 0.6 is 0 Å². The monoisotopic (exact) mass is 478 g/mol. The van der Waals surface area contributed by atoms with Gasteiger partial charge in [0.05, 0.1) is 26.4 Å². The van der Waals surface area contributed by atoms with E-state index in [4.69, 9.17) is 23.4 Å². The molecule has 0 radical (unpaired) electrons. The Morgan fingerprint density at radius 2 is 1.89 bits per heavy atom. The van der Waals surface area contributed by atoms with Gasteiger partial charge in [-0.15, -0.1) is 0 Å². The van der Waals surface area contributed by atoms with Crippen LogP contribution in [0.25, 0.3) is 0 Å². The summed E-state index contributed by atoms with van der Waals surface area (Å²) in [6.45, 7) is 1.12. The van der Waals surface area contributed by atoms with Crippen molar-refractivity contribution in [2.45, 2.75) is 12.5 Å². The van der Waals surface area contributed by atoms with Gasteiger partial charge in [-0.3, -0.25) is 9.59 Å². The highest BCUT2D eigenvalue weighted by atomic mass is 16.7. The molecule has 2 amide bonds. The van der Waals surface area contributed by atoms with Gasteiger partial charge < -0.3 is 33.6 Å². The number of furan rings is 1. The highest BCUT2D eigenvalue weighted by Crippen LogP contribution is 2.40. The third kappa shape index (κ3) is 4.49. The number of hydrogen-bond acceptors (Lipinski definition) is 7. The van der Waals surface area contributed by atoms with Gasteiger partial charge in [-0.05, 0) is 35.9 Å². The molecule has 3 heterocycles. The minimum Gasteiger partial charge on any atom is -0.497 e. The zero-order valence-corrected chi connectivity index (χ0v) is 19.5. The predicted molar refractivity (Wildman–Crippen MR) is 125 cm³/mol. The largest absolute Gasteiger partial charge is 0.497 e. The SMILES string of the molecule is COc1ccc([C@@H]2CN(C(=O)c3ccco3)C[C@@H]2C(=O)NCc2ccc3c(c2)OCO3)c(OC)c1. The number of ether oxygens (including phenoxy) is 4. The van der Waals surface area contributed by atoms with E-state index >= 15 is 0 Å². The second kappa shape index (κ2) is 9.61. The van der Waals surface area contributed by atoms with E-state index in [1.807, 2.05) is 30.3 Å². The first kappa shape index (κ1) is 22.6. The number of carbonyl (C=O) groups excluding carboxylic acids is 2. The molecule has 1 saturated heterocycles. The molecule has 2 aliphatic rings. The Hall–Kier alpha value is -4.14. The highest BCUT2D eigenvalue weighted by molar-refractivity contribution is 5.93. The number of rotatable bonds is 7. The number of methoxy groups -OCH3 is 2. The van der Waals surface area contributed by atoms with Gasteiger partial charge >= 0.3 is 0 Å². The lowest BCUT2D eigenvalue weighted by Crippen LogP contribution is -2.35. The molecule has 0 aliphatic carbocycles. The van der Waals surface area contributed by atoms with Gasteiger partial charge in [0.2, 0.25) is 12.7 Å². The Kier molecular flexibility index (Phi) is 6.22. The Bertz CT molecular complexity index is 1220. The first-order valence-electron chi connectivity index (χ1n) is 11.3. The number of nitrogens with zero attached hydrogens (tertiary/aromatic N) is 1. The number of benzene rings is 2. The molecule has 1 N–H and O–H groups in total. The van der Waals surface area contributed by atoms with Crippen molar-refractivity contribution in [2.24, 2.45) is 5.92 Å². The molecule has 9 heteroatoms. The van der Waals surface area contributed by atoms with Crippen LogP contribution in [0.4, 0.5) is 0 Å². The highest BCUT2D eigenvalue weighted by Gasteiger charge is 2.42. The molecule has 0 unspecified atom stereocenters. The van der Waals surface area contributed by atoms with Gasteiger partial charge in [0.25, 0.3) is 5.91 Å². The van der Waals surface area contributed by atoms with Crippen molar-refractivity contribution >= 4 is 11.8 Å². The van der Waals surface area contributed by atoms with Crippen LogP contribution in [0.2, 0.25) is 0 Å². The molecule has 2 aromatic carbocycles. The molecule has 3 aromatic rings. The van der Waals surface area contributed by atoms with E-state index in [9.17, 15) is 9.59 Å². The first-order chi connectivity index (χ1) is 17.1. The lowest BCUT2D eigenvalue weighted by molar-refractivity contribution is -0.125. The van der Waals surface area contributed by atoms with E-state index in [1.165, 1.54) is 6.26 Å². The van der Waals surface area contributed by atoms with E-state index in [1.54, 1.807) is 37.3 Å². The summed E-state index contributed by atoms with van der Waals surface area (Å²) < 4.78 is 27.0. The molecule has 0 bridgehead atoms. The molecule has 1 fully saturated rings. The zero-order valence-electron chi connectivity index (χ0n) is 19.5. The summed E-state index contributed by atoms with van der Waals surface area (Å²) >= 11 is 0. The van der Waals surface area contributed by atoms with Crippen molar-refractivity contribution in [3.05, 3.63) is 71.7 Å². The Morgan fingerprint density at radius 3 is 2.66 bits per heavy atom. The van der Waals surface area contributed by atoms with Crippen LogP contribution in [-0.4, -0.2) is 50.8 Å². The Labute approximate surface area is 202 Å². The van der Waals surface area contributed by atoms with Crippen molar-refractivity contribution in [3.63, 3.8) is 0 Å². The van der Waals surface area contributed by atoms with E-state index in [0.717, 1.165) is 11.1 Å². The van der Waals surface area contributed by atoms with Crippen molar-refractivity contribution < 1.29 is 33.0 Å². The summed E-state index contributed by atoms with van der Waals surface area (Å²) in [7, 11) is 3.16. The van der Waals surface area contributed by atoms with Crippen molar-refractivity contribution in [3.8, 4) is 23.0 Å². The number of fused-ring (bicyclic) bond motifs is 1. The lowest BCUT2D eigenvalue weighted by atomic mass is 9.87. The van der Waals surface area contributed by atoms with Gasteiger partial charge in [-0.1, -0.05) is 12.1 Å². The second-order valence-corrected chi connectivity index (χ2v) is 8.41. The van der Waals surface area contributed by atoms with E-state index in [2.05, 4.69) is 5.32 Å². The molecule has 1 aromatic heterocycles. The maximum absolute atomic E-state index is 13.4. The van der Waals surface area contributed by atoms with E-state index in [-0.39, 0.29) is 36.8 Å².